The van der Waals surface area contributed by atoms with Crippen LogP contribution in [0.3, 0.4) is 0 Å². The third kappa shape index (κ3) is 2.78. The fraction of sp³-hybridized carbons (Fsp3) is 0.136. The van der Waals surface area contributed by atoms with E-state index in [0.29, 0.717) is 0 Å². The molecule has 0 saturated heterocycles. The van der Waals surface area contributed by atoms with Gasteiger partial charge in [0.25, 0.3) is 0 Å². The molecule has 0 bridgehead atoms. The number of rotatable bonds is 4. The zero-order chi connectivity index (χ0) is 16.4. The van der Waals surface area contributed by atoms with Crippen molar-refractivity contribution >= 4 is 17.5 Å². The molecule has 24 heavy (non-hydrogen) atoms. The van der Waals surface area contributed by atoms with Crippen molar-refractivity contribution in [3.05, 3.63) is 102 Å². The van der Waals surface area contributed by atoms with Gasteiger partial charge in [0.05, 0.1) is 11.3 Å². The predicted molar refractivity (Wildman–Crippen MR) is 103 cm³/mol. The number of hydrogen-bond donors (Lipinski definition) is 0. The summed E-state index contributed by atoms with van der Waals surface area (Å²) in [6, 6.07) is 29.7. The van der Waals surface area contributed by atoms with Crippen LogP contribution in [0.15, 0.2) is 94.8 Å². The topological polar surface area (TPSA) is 12.4 Å². The normalized spacial score (nSPS) is 19.0. The molecule has 2 heteroatoms. The Kier molecular flexibility index (Phi) is 3.99. The van der Waals surface area contributed by atoms with Crippen LogP contribution in [0.1, 0.15) is 23.6 Å². The number of aliphatic imine (C=N–C) groups is 1. The molecule has 0 spiro atoms. The minimum Gasteiger partial charge on any atom is -0.272 e. The van der Waals surface area contributed by atoms with Crippen LogP contribution in [0.2, 0.25) is 0 Å². The van der Waals surface area contributed by atoms with Crippen molar-refractivity contribution in [1.29, 1.82) is 0 Å². The van der Waals surface area contributed by atoms with Crippen LogP contribution in [0.5, 0.6) is 0 Å². The molecule has 0 saturated carbocycles. The molecule has 118 valence electrons. The Morgan fingerprint density at radius 1 is 0.792 bits per heavy atom. The van der Waals surface area contributed by atoms with Crippen molar-refractivity contribution in [2.24, 2.45) is 4.99 Å². The third-order valence-corrected chi connectivity index (χ3v) is 5.74. The van der Waals surface area contributed by atoms with Crippen LogP contribution in [0.25, 0.3) is 0 Å². The number of thioether (sulfide) groups is 1. The fourth-order valence-electron chi connectivity index (χ4n) is 3.19. The molecule has 0 radical (unpaired) electrons. The smallest absolute Gasteiger partial charge is 0.0936 e. The molecule has 4 rings (SSSR count). The maximum atomic E-state index is 5.17. The first-order valence-corrected chi connectivity index (χ1v) is 9.18. The predicted octanol–water partition coefficient (Wildman–Crippen LogP) is 5.55. The molecule has 1 unspecified atom stereocenters. The van der Waals surface area contributed by atoms with Crippen LogP contribution in [0, 0.1) is 0 Å². The van der Waals surface area contributed by atoms with Crippen LogP contribution >= 0.6 is 11.8 Å². The second kappa shape index (κ2) is 6.29. The van der Waals surface area contributed by atoms with E-state index >= 15 is 0 Å². The molecule has 1 atom stereocenters. The van der Waals surface area contributed by atoms with Crippen molar-refractivity contribution < 1.29 is 0 Å². The Bertz CT molecular complexity index is 871. The summed E-state index contributed by atoms with van der Waals surface area (Å²) in [5, 5.41) is 0. The van der Waals surface area contributed by atoms with Gasteiger partial charge in [0.2, 0.25) is 0 Å². The van der Waals surface area contributed by atoms with Gasteiger partial charge in [-0.3, -0.25) is 4.99 Å². The molecule has 0 amide bonds. The average molecular weight is 329 g/mol. The van der Waals surface area contributed by atoms with E-state index in [2.05, 4.69) is 91.9 Å². The van der Waals surface area contributed by atoms with Crippen LogP contribution in [-0.4, -0.2) is 11.5 Å². The third-order valence-electron chi connectivity index (χ3n) is 4.43. The highest BCUT2D eigenvalue weighted by molar-refractivity contribution is 7.99. The minimum absolute atomic E-state index is 0.192. The summed E-state index contributed by atoms with van der Waals surface area (Å²) in [5.74, 6) is 0.935. The first kappa shape index (κ1) is 15.2. The summed E-state index contributed by atoms with van der Waals surface area (Å²) in [7, 11) is 0. The molecule has 1 nitrogen and oxygen atoms in total. The Morgan fingerprint density at radius 2 is 1.42 bits per heavy atom. The van der Waals surface area contributed by atoms with Crippen molar-refractivity contribution in [1.82, 2.24) is 0 Å². The molecular weight excluding hydrogens is 310 g/mol. The largest absolute Gasteiger partial charge is 0.272 e. The molecule has 3 aromatic carbocycles. The summed E-state index contributed by atoms with van der Waals surface area (Å²) in [6.45, 7) is 2.25. The van der Waals surface area contributed by atoms with Gasteiger partial charge in [0.15, 0.2) is 0 Å². The molecule has 0 fully saturated rings. The first-order valence-electron chi connectivity index (χ1n) is 8.19. The lowest BCUT2D eigenvalue weighted by molar-refractivity contribution is 0.583. The Balaban J connectivity index is 1.71. The highest BCUT2D eigenvalue weighted by Crippen LogP contribution is 2.40. The molecule has 0 N–H and O–H groups in total. The summed E-state index contributed by atoms with van der Waals surface area (Å²) in [4.78, 5) is 6.46. The first-order chi connectivity index (χ1) is 11.8. The quantitative estimate of drug-likeness (QED) is 0.572. The fourth-order valence-corrected chi connectivity index (χ4v) is 4.21. The standard InChI is InChI=1S/C22H19NS/c1-22(16-24-18-12-6-3-7-13-18)20-15-9-8-14-19(20)21(23-22)17-10-4-2-5-11-17/h2-15H,16H2,1H3. The van der Waals surface area contributed by atoms with E-state index in [1.807, 2.05) is 11.8 Å². The second-order valence-electron chi connectivity index (χ2n) is 6.25. The van der Waals surface area contributed by atoms with Gasteiger partial charge in [-0.1, -0.05) is 72.8 Å². The molecule has 0 aliphatic carbocycles. The summed E-state index contributed by atoms with van der Waals surface area (Å²) in [6.07, 6.45) is 0. The van der Waals surface area contributed by atoms with Crippen LogP contribution in [-0.2, 0) is 5.54 Å². The summed E-state index contributed by atoms with van der Waals surface area (Å²) < 4.78 is 0. The van der Waals surface area contributed by atoms with Crippen molar-refractivity contribution in [3.8, 4) is 0 Å². The maximum absolute atomic E-state index is 5.17. The van der Waals surface area contributed by atoms with Crippen molar-refractivity contribution in [3.63, 3.8) is 0 Å². The summed E-state index contributed by atoms with van der Waals surface area (Å²) >= 11 is 1.87. The Morgan fingerprint density at radius 3 is 2.17 bits per heavy atom. The Hall–Kier alpha value is -2.32. The van der Waals surface area contributed by atoms with E-state index in [1.165, 1.54) is 21.6 Å². The van der Waals surface area contributed by atoms with Gasteiger partial charge in [0, 0.05) is 21.8 Å². The van der Waals surface area contributed by atoms with E-state index in [4.69, 9.17) is 4.99 Å². The second-order valence-corrected chi connectivity index (χ2v) is 7.30. The number of nitrogens with zero attached hydrogens (tertiary/aromatic N) is 1. The molecule has 0 aromatic heterocycles. The molecular formula is C22H19NS. The lowest BCUT2D eigenvalue weighted by atomic mass is 9.92. The number of benzene rings is 3. The summed E-state index contributed by atoms with van der Waals surface area (Å²) in [5.41, 5.74) is 4.70. The lowest BCUT2D eigenvalue weighted by Crippen LogP contribution is -2.20. The highest BCUT2D eigenvalue weighted by Gasteiger charge is 2.35. The Labute approximate surface area is 147 Å². The molecule has 1 aliphatic heterocycles. The zero-order valence-electron chi connectivity index (χ0n) is 13.6. The van der Waals surface area contributed by atoms with E-state index < -0.39 is 0 Å². The molecule has 3 aromatic rings. The SMILES string of the molecule is CC1(CSc2ccccc2)N=C(c2ccccc2)c2ccccc21. The molecule has 1 aliphatic rings. The van der Waals surface area contributed by atoms with Crippen LogP contribution in [0.4, 0.5) is 0 Å². The van der Waals surface area contributed by atoms with Crippen LogP contribution < -0.4 is 0 Å². The lowest BCUT2D eigenvalue weighted by Gasteiger charge is -2.22. The van der Waals surface area contributed by atoms with Gasteiger partial charge in [-0.05, 0) is 24.6 Å². The zero-order valence-corrected chi connectivity index (χ0v) is 14.5. The highest BCUT2D eigenvalue weighted by atomic mass is 32.2. The molecule has 1 heterocycles. The van der Waals surface area contributed by atoms with Gasteiger partial charge in [0.1, 0.15) is 0 Å². The van der Waals surface area contributed by atoms with Gasteiger partial charge >= 0.3 is 0 Å². The average Bonchev–Trinajstić information content (AvgIpc) is 2.96. The van der Waals surface area contributed by atoms with Gasteiger partial charge < -0.3 is 0 Å². The van der Waals surface area contributed by atoms with E-state index in [-0.39, 0.29) is 5.54 Å². The van der Waals surface area contributed by atoms with E-state index in [1.54, 1.807) is 0 Å². The van der Waals surface area contributed by atoms with Crippen molar-refractivity contribution in [2.75, 3.05) is 5.75 Å². The van der Waals surface area contributed by atoms with E-state index in [0.717, 1.165) is 11.5 Å². The number of fused-ring (bicyclic) bond motifs is 1. The van der Waals surface area contributed by atoms with Gasteiger partial charge in [-0.2, -0.15) is 0 Å². The maximum Gasteiger partial charge on any atom is 0.0936 e. The monoisotopic (exact) mass is 329 g/mol. The number of hydrogen-bond acceptors (Lipinski definition) is 2. The van der Waals surface area contributed by atoms with Gasteiger partial charge in [-0.25, -0.2) is 0 Å². The van der Waals surface area contributed by atoms with Crippen molar-refractivity contribution in [2.45, 2.75) is 17.4 Å². The van der Waals surface area contributed by atoms with Gasteiger partial charge in [-0.15, -0.1) is 11.8 Å². The minimum atomic E-state index is -0.192. The van der Waals surface area contributed by atoms with E-state index in [9.17, 15) is 0 Å².